The highest BCUT2D eigenvalue weighted by atomic mass is 35.5. The Balaban J connectivity index is 0.00000240. The number of carbonyl (C=O) groups is 1. The number of aromatic nitrogens is 1. The molecular formula is C23H25ClFN3O. The van der Waals surface area contributed by atoms with E-state index in [1.54, 1.807) is 12.1 Å². The summed E-state index contributed by atoms with van der Waals surface area (Å²) >= 11 is 0. The SMILES string of the molecule is Cc1cc(NC2CCC(NC(=O)c3ccccc3F)CC2)nc2ccccc12.Cl. The van der Waals surface area contributed by atoms with Crippen molar-refractivity contribution >= 4 is 35.0 Å². The molecule has 1 amide bonds. The molecule has 1 heterocycles. The molecule has 1 aliphatic carbocycles. The van der Waals surface area contributed by atoms with Crippen molar-refractivity contribution in [3.05, 3.63) is 71.5 Å². The number of benzene rings is 2. The fourth-order valence-corrected chi connectivity index (χ4v) is 3.92. The number of anilines is 1. The zero-order chi connectivity index (χ0) is 19.5. The van der Waals surface area contributed by atoms with E-state index >= 15 is 0 Å². The molecule has 1 saturated carbocycles. The molecule has 0 bridgehead atoms. The first-order chi connectivity index (χ1) is 13.6. The minimum Gasteiger partial charge on any atom is -0.367 e. The molecule has 4 nitrogen and oxygen atoms in total. The Bertz CT molecular complexity index is 1000. The van der Waals surface area contributed by atoms with Gasteiger partial charge in [-0.05, 0) is 62.4 Å². The van der Waals surface area contributed by atoms with Gasteiger partial charge in [0.15, 0.2) is 0 Å². The van der Waals surface area contributed by atoms with Crippen LogP contribution in [-0.4, -0.2) is 23.0 Å². The first kappa shape index (κ1) is 21.1. The largest absolute Gasteiger partial charge is 0.367 e. The van der Waals surface area contributed by atoms with Gasteiger partial charge in [-0.25, -0.2) is 9.37 Å². The summed E-state index contributed by atoms with van der Waals surface area (Å²) in [6.45, 7) is 2.10. The average Bonchev–Trinajstić information content (AvgIpc) is 2.70. The molecule has 1 fully saturated rings. The quantitative estimate of drug-likeness (QED) is 0.613. The van der Waals surface area contributed by atoms with Gasteiger partial charge in [0.25, 0.3) is 5.91 Å². The van der Waals surface area contributed by atoms with Gasteiger partial charge < -0.3 is 10.6 Å². The summed E-state index contributed by atoms with van der Waals surface area (Å²) < 4.78 is 13.8. The second-order valence-electron chi connectivity index (χ2n) is 7.49. The molecule has 1 aromatic heterocycles. The first-order valence-corrected chi connectivity index (χ1v) is 9.78. The van der Waals surface area contributed by atoms with E-state index in [9.17, 15) is 9.18 Å². The molecule has 152 valence electrons. The molecule has 1 aliphatic rings. The minimum atomic E-state index is -0.479. The molecule has 3 aromatic rings. The Kier molecular flexibility index (Phi) is 6.70. The number of pyridine rings is 1. The lowest BCUT2D eigenvalue weighted by Gasteiger charge is -2.30. The summed E-state index contributed by atoms with van der Waals surface area (Å²) in [5.74, 6) is 0.0875. The lowest BCUT2D eigenvalue weighted by Crippen LogP contribution is -2.40. The highest BCUT2D eigenvalue weighted by molar-refractivity contribution is 5.94. The Labute approximate surface area is 176 Å². The summed E-state index contributed by atoms with van der Waals surface area (Å²) in [7, 11) is 0. The number of rotatable bonds is 4. The highest BCUT2D eigenvalue weighted by Gasteiger charge is 2.24. The van der Waals surface area contributed by atoms with Gasteiger partial charge in [-0.3, -0.25) is 4.79 Å². The fraction of sp³-hybridized carbons (Fsp3) is 0.304. The molecule has 0 aliphatic heterocycles. The van der Waals surface area contributed by atoms with Gasteiger partial charge >= 0.3 is 0 Å². The lowest BCUT2D eigenvalue weighted by molar-refractivity contribution is 0.0922. The van der Waals surface area contributed by atoms with Crippen molar-refractivity contribution in [2.75, 3.05) is 5.32 Å². The smallest absolute Gasteiger partial charge is 0.254 e. The summed E-state index contributed by atoms with van der Waals surface area (Å²) in [4.78, 5) is 17.0. The number of aryl methyl sites for hydroxylation is 1. The van der Waals surface area contributed by atoms with E-state index in [4.69, 9.17) is 4.98 Å². The number of nitrogens with zero attached hydrogens (tertiary/aromatic N) is 1. The third-order valence-electron chi connectivity index (χ3n) is 5.46. The molecule has 0 spiro atoms. The van der Waals surface area contributed by atoms with Crippen LogP contribution in [0.25, 0.3) is 10.9 Å². The van der Waals surface area contributed by atoms with Gasteiger partial charge in [-0.2, -0.15) is 0 Å². The van der Waals surface area contributed by atoms with Gasteiger partial charge in [0.2, 0.25) is 0 Å². The second kappa shape index (κ2) is 9.23. The van der Waals surface area contributed by atoms with Crippen LogP contribution in [0.15, 0.2) is 54.6 Å². The van der Waals surface area contributed by atoms with Crippen molar-refractivity contribution in [2.45, 2.75) is 44.7 Å². The summed E-state index contributed by atoms with van der Waals surface area (Å²) in [6, 6.07) is 16.7. The summed E-state index contributed by atoms with van der Waals surface area (Å²) in [5, 5.41) is 7.69. The van der Waals surface area contributed by atoms with Crippen molar-refractivity contribution in [1.29, 1.82) is 0 Å². The number of nitrogens with one attached hydrogen (secondary N) is 2. The highest BCUT2D eigenvalue weighted by Crippen LogP contribution is 2.25. The van der Waals surface area contributed by atoms with E-state index in [1.807, 2.05) is 18.2 Å². The molecule has 29 heavy (non-hydrogen) atoms. The number of amides is 1. The Hall–Kier alpha value is -2.66. The predicted octanol–water partition coefficient (Wildman–Crippen LogP) is 5.26. The van der Waals surface area contributed by atoms with Crippen LogP contribution >= 0.6 is 12.4 Å². The number of hydrogen-bond acceptors (Lipinski definition) is 3. The third kappa shape index (κ3) is 4.85. The van der Waals surface area contributed by atoms with Crippen LogP contribution in [0.2, 0.25) is 0 Å². The van der Waals surface area contributed by atoms with Gasteiger partial charge in [-0.1, -0.05) is 30.3 Å². The molecule has 6 heteroatoms. The summed E-state index contributed by atoms with van der Waals surface area (Å²) in [5.41, 5.74) is 2.31. The van der Waals surface area contributed by atoms with E-state index < -0.39 is 5.82 Å². The van der Waals surface area contributed by atoms with Crippen LogP contribution in [0.5, 0.6) is 0 Å². The number of carbonyl (C=O) groups excluding carboxylic acids is 1. The standard InChI is InChI=1S/C23H24FN3O.ClH/c1-15-14-22(27-21-9-5-3-6-18(15)21)25-16-10-12-17(13-11-16)26-23(28)19-7-2-4-8-20(19)24;/h2-9,14,16-17H,10-13H2,1H3,(H,25,27)(H,26,28);1H. The zero-order valence-corrected chi connectivity index (χ0v) is 17.1. The third-order valence-corrected chi connectivity index (χ3v) is 5.46. The van der Waals surface area contributed by atoms with Crippen molar-refractivity contribution in [3.63, 3.8) is 0 Å². The molecule has 4 rings (SSSR count). The number of hydrogen-bond donors (Lipinski definition) is 2. The van der Waals surface area contributed by atoms with Gasteiger partial charge in [-0.15, -0.1) is 12.4 Å². The molecular weight excluding hydrogens is 389 g/mol. The molecule has 2 N–H and O–H groups in total. The predicted molar refractivity (Wildman–Crippen MR) is 117 cm³/mol. The van der Waals surface area contributed by atoms with Crippen molar-refractivity contribution in [2.24, 2.45) is 0 Å². The van der Waals surface area contributed by atoms with Crippen LogP contribution in [0.1, 0.15) is 41.6 Å². The van der Waals surface area contributed by atoms with Crippen LogP contribution < -0.4 is 10.6 Å². The molecule has 0 atom stereocenters. The summed E-state index contributed by atoms with van der Waals surface area (Å²) in [6.07, 6.45) is 3.61. The Morgan fingerprint density at radius 2 is 1.66 bits per heavy atom. The van der Waals surface area contributed by atoms with Crippen LogP contribution in [0, 0.1) is 12.7 Å². The van der Waals surface area contributed by atoms with Crippen LogP contribution in [0.4, 0.5) is 10.2 Å². The van der Waals surface area contributed by atoms with E-state index in [2.05, 4.69) is 29.7 Å². The van der Waals surface area contributed by atoms with Crippen molar-refractivity contribution < 1.29 is 9.18 Å². The average molecular weight is 414 g/mol. The number of fused-ring (bicyclic) bond motifs is 1. The first-order valence-electron chi connectivity index (χ1n) is 9.78. The van der Waals surface area contributed by atoms with Crippen LogP contribution in [0.3, 0.4) is 0 Å². The van der Waals surface area contributed by atoms with Crippen LogP contribution in [-0.2, 0) is 0 Å². The van der Waals surface area contributed by atoms with E-state index in [0.29, 0.717) is 6.04 Å². The van der Waals surface area contributed by atoms with E-state index in [-0.39, 0.29) is 29.9 Å². The Morgan fingerprint density at radius 3 is 2.41 bits per heavy atom. The molecule has 2 aromatic carbocycles. The zero-order valence-electron chi connectivity index (χ0n) is 16.3. The van der Waals surface area contributed by atoms with E-state index in [0.717, 1.165) is 37.0 Å². The maximum absolute atomic E-state index is 13.8. The molecule has 0 saturated heterocycles. The van der Waals surface area contributed by atoms with E-state index in [1.165, 1.54) is 23.1 Å². The fourth-order valence-electron chi connectivity index (χ4n) is 3.92. The van der Waals surface area contributed by atoms with Crippen molar-refractivity contribution in [1.82, 2.24) is 10.3 Å². The molecule has 0 radical (unpaired) electrons. The topological polar surface area (TPSA) is 54.0 Å². The van der Waals surface area contributed by atoms with Gasteiger partial charge in [0, 0.05) is 17.5 Å². The minimum absolute atomic E-state index is 0. The lowest BCUT2D eigenvalue weighted by atomic mass is 9.91. The van der Waals surface area contributed by atoms with Gasteiger partial charge in [0.1, 0.15) is 11.6 Å². The van der Waals surface area contributed by atoms with Gasteiger partial charge in [0.05, 0.1) is 11.1 Å². The Morgan fingerprint density at radius 1 is 1.00 bits per heavy atom. The monoisotopic (exact) mass is 413 g/mol. The number of halogens is 2. The number of para-hydroxylation sites is 1. The van der Waals surface area contributed by atoms with Crippen molar-refractivity contribution in [3.8, 4) is 0 Å². The second-order valence-corrected chi connectivity index (χ2v) is 7.49. The normalized spacial score (nSPS) is 18.7. The maximum Gasteiger partial charge on any atom is 0.254 e. The maximum atomic E-state index is 13.8. The molecule has 0 unspecified atom stereocenters.